The lowest BCUT2D eigenvalue weighted by atomic mass is 9.96. The maximum atomic E-state index is 13.3. The maximum Gasteiger partial charge on any atom is 0.416 e. The topological polar surface area (TPSA) is 76.7 Å². The standard InChI is InChI=1S/C27H25F3N2O4/c1-3-36-26(34)32-21-13-17-9-12-20(14-18(17)15-21)31-25(33)22-5-4-6-23(35-2)24(22)16-7-10-19(11-8-16)27(28,29)30/h4-12,14,21H,3,13,15H2,1-2H3,(H,31,33)(H,32,34). The van der Waals surface area contributed by atoms with Gasteiger partial charge in [0.15, 0.2) is 0 Å². The Morgan fingerprint density at radius 3 is 2.39 bits per heavy atom. The molecule has 1 atom stereocenters. The summed E-state index contributed by atoms with van der Waals surface area (Å²) in [5, 5.41) is 5.71. The van der Waals surface area contributed by atoms with Gasteiger partial charge in [-0.05, 0) is 72.9 Å². The van der Waals surface area contributed by atoms with Gasteiger partial charge in [-0.3, -0.25) is 4.79 Å². The number of hydrogen-bond acceptors (Lipinski definition) is 4. The first-order chi connectivity index (χ1) is 17.2. The molecule has 1 unspecified atom stereocenters. The molecule has 0 bridgehead atoms. The third kappa shape index (κ3) is 5.45. The van der Waals surface area contributed by atoms with Crippen LogP contribution in [0.5, 0.6) is 5.75 Å². The van der Waals surface area contributed by atoms with Crippen LogP contribution in [0.4, 0.5) is 23.7 Å². The normalized spacial score (nSPS) is 14.6. The smallest absolute Gasteiger partial charge is 0.416 e. The van der Waals surface area contributed by atoms with Gasteiger partial charge in [-0.25, -0.2) is 4.79 Å². The number of alkyl carbamates (subject to hydrolysis) is 1. The van der Waals surface area contributed by atoms with Crippen molar-refractivity contribution >= 4 is 17.7 Å². The molecule has 0 saturated carbocycles. The summed E-state index contributed by atoms with van der Waals surface area (Å²) in [6.07, 6.45) is -3.65. The van der Waals surface area contributed by atoms with E-state index in [1.54, 1.807) is 31.2 Å². The van der Waals surface area contributed by atoms with Gasteiger partial charge in [0.25, 0.3) is 5.91 Å². The van der Waals surface area contributed by atoms with Crippen molar-refractivity contribution in [2.45, 2.75) is 32.0 Å². The second-order valence-corrected chi connectivity index (χ2v) is 8.37. The molecule has 0 fully saturated rings. The zero-order valence-corrected chi connectivity index (χ0v) is 19.7. The fourth-order valence-corrected chi connectivity index (χ4v) is 4.35. The van der Waals surface area contributed by atoms with E-state index in [9.17, 15) is 22.8 Å². The monoisotopic (exact) mass is 498 g/mol. The van der Waals surface area contributed by atoms with Gasteiger partial charge in [0.2, 0.25) is 0 Å². The van der Waals surface area contributed by atoms with Gasteiger partial charge in [0, 0.05) is 17.3 Å². The molecule has 0 heterocycles. The number of ether oxygens (including phenoxy) is 2. The predicted octanol–water partition coefficient (Wildman–Crippen LogP) is 5.85. The first kappa shape index (κ1) is 25.1. The minimum absolute atomic E-state index is 0.0883. The van der Waals surface area contributed by atoms with E-state index in [-0.39, 0.29) is 11.6 Å². The first-order valence-electron chi connectivity index (χ1n) is 11.4. The molecule has 4 rings (SSSR count). The Morgan fingerprint density at radius 2 is 1.72 bits per heavy atom. The van der Waals surface area contributed by atoms with Gasteiger partial charge >= 0.3 is 12.3 Å². The van der Waals surface area contributed by atoms with Crippen LogP contribution >= 0.6 is 0 Å². The Hall–Kier alpha value is -4.01. The van der Waals surface area contributed by atoms with Crippen molar-refractivity contribution in [3.8, 4) is 16.9 Å². The van der Waals surface area contributed by atoms with Gasteiger partial charge in [-0.15, -0.1) is 0 Å². The minimum Gasteiger partial charge on any atom is -0.496 e. The number of fused-ring (bicyclic) bond motifs is 1. The lowest BCUT2D eigenvalue weighted by molar-refractivity contribution is -0.137. The lowest BCUT2D eigenvalue weighted by Gasteiger charge is -2.15. The van der Waals surface area contributed by atoms with Crippen molar-refractivity contribution in [3.05, 3.63) is 82.9 Å². The Bertz CT molecular complexity index is 1270. The van der Waals surface area contributed by atoms with Crippen LogP contribution < -0.4 is 15.4 Å². The predicted molar refractivity (Wildman–Crippen MR) is 129 cm³/mol. The van der Waals surface area contributed by atoms with Crippen molar-refractivity contribution in [3.63, 3.8) is 0 Å². The highest BCUT2D eigenvalue weighted by Crippen LogP contribution is 2.36. The number of methoxy groups -OCH3 is 1. The number of alkyl halides is 3. The molecule has 0 aliphatic heterocycles. The van der Waals surface area contributed by atoms with Gasteiger partial charge in [0.1, 0.15) is 5.75 Å². The van der Waals surface area contributed by atoms with Gasteiger partial charge in [-0.1, -0.05) is 24.3 Å². The van der Waals surface area contributed by atoms with Crippen molar-refractivity contribution in [1.29, 1.82) is 0 Å². The molecule has 2 amide bonds. The second kappa shape index (κ2) is 10.3. The Kier molecular flexibility index (Phi) is 7.19. The Labute approximate surface area is 206 Å². The average molecular weight is 499 g/mol. The summed E-state index contributed by atoms with van der Waals surface area (Å²) < 4.78 is 49.4. The highest BCUT2D eigenvalue weighted by atomic mass is 19.4. The Morgan fingerprint density at radius 1 is 1.00 bits per heavy atom. The van der Waals surface area contributed by atoms with E-state index in [1.807, 2.05) is 12.1 Å². The van der Waals surface area contributed by atoms with E-state index < -0.39 is 23.7 Å². The summed E-state index contributed by atoms with van der Waals surface area (Å²) in [6, 6.07) is 14.9. The number of nitrogens with one attached hydrogen (secondary N) is 2. The quantitative estimate of drug-likeness (QED) is 0.447. The van der Waals surface area contributed by atoms with Crippen LogP contribution in [0, 0.1) is 0 Å². The highest BCUT2D eigenvalue weighted by molar-refractivity contribution is 6.09. The molecular weight excluding hydrogens is 473 g/mol. The largest absolute Gasteiger partial charge is 0.496 e. The van der Waals surface area contributed by atoms with Crippen molar-refractivity contribution in [2.75, 3.05) is 19.0 Å². The first-order valence-corrected chi connectivity index (χ1v) is 11.4. The van der Waals surface area contributed by atoms with Crippen LogP contribution in [0.2, 0.25) is 0 Å². The second-order valence-electron chi connectivity index (χ2n) is 8.37. The Balaban J connectivity index is 1.56. The summed E-state index contributed by atoms with van der Waals surface area (Å²) in [4.78, 5) is 25.0. The molecule has 3 aromatic rings. The summed E-state index contributed by atoms with van der Waals surface area (Å²) >= 11 is 0. The summed E-state index contributed by atoms with van der Waals surface area (Å²) in [5.41, 5.74) is 2.94. The van der Waals surface area contributed by atoms with Crippen molar-refractivity contribution < 1.29 is 32.2 Å². The van der Waals surface area contributed by atoms with Gasteiger partial charge in [0.05, 0.1) is 24.8 Å². The molecule has 188 valence electrons. The van der Waals surface area contributed by atoms with Crippen molar-refractivity contribution in [1.82, 2.24) is 5.32 Å². The summed E-state index contributed by atoms with van der Waals surface area (Å²) in [6.45, 7) is 2.03. The fraction of sp³-hybridized carbons (Fsp3) is 0.259. The number of carbonyl (C=O) groups is 2. The molecule has 0 aromatic heterocycles. The van der Waals surface area contributed by atoms with Crippen LogP contribution in [0.1, 0.15) is 34.0 Å². The molecule has 2 N–H and O–H groups in total. The highest BCUT2D eigenvalue weighted by Gasteiger charge is 2.30. The van der Waals surface area contributed by atoms with Gasteiger partial charge < -0.3 is 20.1 Å². The van der Waals surface area contributed by atoms with E-state index in [0.29, 0.717) is 42.0 Å². The average Bonchev–Trinajstić information content (AvgIpc) is 3.24. The molecule has 3 aromatic carbocycles. The van der Waals surface area contributed by atoms with Crippen LogP contribution in [-0.4, -0.2) is 31.8 Å². The van der Waals surface area contributed by atoms with E-state index in [4.69, 9.17) is 9.47 Å². The van der Waals surface area contributed by atoms with E-state index >= 15 is 0 Å². The van der Waals surface area contributed by atoms with E-state index in [2.05, 4.69) is 10.6 Å². The third-order valence-corrected chi connectivity index (χ3v) is 5.99. The van der Waals surface area contributed by atoms with Crippen LogP contribution in [0.15, 0.2) is 60.7 Å². The minimum atomic E-state index is -4.46. The zero-order chi connectivity index (χ0) is 25.9. The molecule has 1 aliphatic rings. The molecule has 36 heavy (non-hydrogen) atoms. The fourth-order valence-electron chi connectivity index (χ4n) is 4.35. The molecule has 6 nitrogen and oxygen atoms in total. The number of carbonyl (C=O) groups excluding carboxylic acids is 2. The molecule has 0 radical (unpaired) electrons. The van der Waals surface area contributed by atoms with E-state index in [1.165, 1.54) is 19.2 Å². The number of rotatable bonds is 6. The molecule has 0 spiro atoms. The number of benzene rings is 3. The van der Waals surface area contributed by atoms with Gasteiger partial charge in [-0.2, -0.15) is 13.2 Å². The number of anilines is 1. The maximum absolute atomic E-state index is 13.3. The lowest BCUT2D eigenvalue weighted by Crippen LogP contribution is -2.35. The van der Waals surface area contributed by atoms with Crippen LogP contribution in [0.3, 0.4) is 0 Å². The van der Waals surface area contributed by atoms with E-state index in [0.717, 1.165) is 23.3 Å². The number of hydrogen-bond donors (Lipinski definition) is 2. The summed E-state index contributed by atoms with van der Waals surface area (Å²) in [7, 11) is 1.44. The van der Waals surface area contributed by atoms with Crippen LogP contribution in [-0.2, 0) is 23.8 Å². The number of halogens is 3. The van der Waals surface area contributed by atoms with Crippen LogP contribution in [0.25, 0.3) is 11.1 Å². The molecule has 0 saturated heterocycles. The molecule has 1 aliphatic carbocycles. The molecular formula is C27H25F3N2O4. The molecule has 9 heteroatoms. The SMILES string of the molecule is CCOC(=O)NC1Cc2ccc(NC(=O)c3cccc(OC)c3-c3ccc(C(F)(F)F)cc3)cc2C1. The summed E-state index contributed by atoms with van der Waals surface area (Å²) in [5.74, 6) is -0.0628. The number of amides is 2. The third-order valence-electron chi connectivity index (χ3n) is 5.99. The zero-order valence-electron chi connectivity index (χ0n) is 19.7. The van der Waals surface area contributed by atoms with Crippen molar-refractivity contribution in [2.24, 2.45) is 0 Å².